The minimum atomic E-state index is -0.225. The molecule has 9 heteroatoms. The van der Waals surface area contributed by atoms with Crippen LogP contribution >= 0.6 is 11.3 Å². The van der Waals surface area contributed by atoms with Gasteiger partial charge in [0, 0.05) is 43.5 Å². The van der Waals surface area contributed by atoms with E-state index < -0.39 is 0 Å². The van der Waals surface area contributed by atoms with Crippen LogP contribution in [0.4, 0.5) is 11.6 Å². The highest BCUT2D eigenvalue weighted by Crippen LogP contribution is 2.44. The predicted octanol–water partition coefficient (Wildman–Crippen LogP) is 3.95. The monoisotopic (exact) mass is 456 g/mol. The summed E-state index contributed by atoms with van der Waals surface area (Å²) < 4.78 is 12.9. The highest BCUT2D eigenvalue weighted by molar-refractivity contribution is 7.26. The second-order valence-corrected chi connectivity index (χ2v) is 10.3. The number of pyridine rings is 1. The first kappa shape index (κ1) is 21.7. The summed E-state index contributed by atoms with van der Waals surface area (Å²) in [4.78, 5) is 10.9. The molecule has 1 fully saturated rings. The van der Waals surface area contributed by atoms with Crippen molar-refractivity contribution in [2.75, 3.05) is 49.2 Å². The van der Waals surface area contributed by atoms with E-state index in [0.29, 0.717) is 6.61 Å². The maximum atomic E-state index is 6.24. The Balaban J connectivity index is 1.75. The number of anilines is 2. The summed E-state index contributed by atoms with van der Waals surface area (Å²) in [5.74, 6) is 1.98. The molecule has 5 rings (SSSR count). The van der Waals surface area contributed by atoms with Crippen molar-refractivity contribution in [2.45, 2.75) is 59.2 Å². The van der Waals surface area contributed by atoms with Gasteiger partial charge in [-0.25, -0.2) is 4.98 Å². The van der Waals surface area contributed by atoms with Crippen molar-refractivity contribution < 1.29 is 9.47 Å². The molecule has 0 bridgehead atoms. The van der Waals surface area contributed by atoms with Gasteiger partial charge in [-0.15, -0.1) is 21.5 Å². The second kappa shape index (κ2) is 8.68. The van der Waals surface area contributed by atoms with E-state index in [1.165, 1.54) is 11.1 Å². The topological polar surface area (TPSA) is 76.5 Å². The van der Waals surface area contributed by atoms with E-state index in [1.807, 2.05) is 0 Å². The zero-order valence-corrected chi connectivity index (χ0v) is 20.3. The zero-order valence-electron chi connectivity index (χ0n) is 19.5. The van der Waals surface area contributed by atoms with E-state index in [1.54, 1.807) is 11.3 Å². The number of hydrogen-bond acceptors (Lipinski definition) is 9. The number of thiophene rings is 1. The Kier molecular flexibility index (Phi) is 5.90. The zero-order chi connectivity index (χ0) is 22.3. The summed E-state index contributed by atoms with van der Waals surface area (Å²) in [7, 11) is 0. The Hall–Kier alpha value is -2.10. The van der Waals surface area contributed by atoms with Gasteiger partial charge in [-0.2, -0.15) is 0 Å². The molecular formula is C23H32N6O2S. The summed E-state index contributed by atoms with van der Waals surface area (Å²) in [5.41, 5.74) is 3.21. The fraction of sp³-hybridized carbons (Fsp3) is 0.652. The van der Waals surface area contributed by atoms with Crippen molar-refractivity contribution in [3.8, 4) is 0 Å². The molecule has 3 aromatic heterocycles. The largest absolute Gasteiger partial charge is 0.378 e. The Morgan fingerprint density at radius 3 is 2.53 bits per heavy atom. The maximum absolute atomic E-state index is 6.24. The lowest BCUT2D eigenvalue weighted by Gasteiger charge is -2.36. The van der Waals surface area contributed by atoms with Crippen LogP contribution in [0.1, 0.15) is 51.7 Å². The van der Waals surface area contributed by atoms with E-state index in [9.17, 15) is 0 Å². The first-order chi connectivity index (χ1) is 15.5. The average molecular weight is 457 g/mol. The van der Waals surface area contributed by atoms with E-state index >= 15 is 0 Å². The second-order valence-electron chi connectivity index (χ2n) is 9.28. The average Bonchev–Trinajstić information content (AvgIpc) is 3.17. The Morgan fingerprint density at radius 1 is 1.06 bits per heavy atom. The predicted molar refractivity (Wildman–Crippen MR) is 129 cm³/mol. The third kappa shape index (κ3) is 3.80. The SMILES string of the molecule is CCCN(CCC)c1nnnc2c1sc1nc(N3CCOCC3)c3c(c12)CC(C)(C)OC3. The number of morpholine rings is 1. The van der Waals surface area contributed by atoms with Gasteiger partial charge in [0.15, 0.2) is 5.82 Å². The number of fused-ring (bicyclic) bond motifs is 5. The number of nitrogens with zero attached hydrogens (tertiary/aromatic N) is 6. The molecule has 2 aliphatic rings. The highest BCUT2D eigenvalue weighted by Gasteiger charge is 2.33. The molecule has 0 aromatic carbocycles. The molecule has 1 saturated heterocycles. The van der Waals surface area contributed by atoms with Crippen LogP contribution in [-0.2, 0) is 22.5 Å². The van der Waals surface area contributed by atoms with Gasteiger partial charge < -0.3 is 19.3 Å². The molecule has 0 atom stereocenters. The van der Waals surface area contributed by atoms with E-state index in [-0.39, 0.29) is 5.60 Å². The van der Waals surface area contributed by atoms with Crippen molar-refractivity contribution in [1.82, 2.24) is 20.4 Å². The Bertz CT molecular complexity index is 1120. The lowest BCUT2D eigenvalue weighted by molar-refractivity contribution is -0.0396. The van der Waals surface area contributed by atoms with Gasteiger partial charge in [0.1, 0.15) is 20.9 Å². The number of hydrogen-bond donors (Lipinski definition) is 0. The summed E-state index contributed by atoms with van der Waals surface area (Å²) in [5, 5.41) is 14.4. The molecule has 0 aliphatic carbocycles. The molecule has 0 unspecified atom stereocenters. The fourth-order valence-corrected chi connectivity index (χ4v) is 5.96. The highest BCUT2D eigenvalue weighted by atomic mass is 32.1. The van der Waals surface area contributed by atoms with Crippen LogP contribution in [0.3, 0.4) is 0 Å². The summed E-state index contributed by atoms with van der Waals surface area (Å²) >= 11 is 1.70. The molecule has 0 amide bonds. The molecule has 172 valence electrons. The third-order valence-corrected chi connectivity index (χ3v) is 7.37. The Morgan fingerprint density at radius 2 is 1.81 bits per heavy atom. The quantitative estimate of drug-likeness (QED) is 0.552. The number of rotatable bonds is 6. The van der Waals surface area contributed by atoms with Crippen LogP contribution in [-0.4, -0.2) is 65.4 Å². The maximum Gasteiger partial charge on any atom is 0.172 e. The van der Waals surface area contributed by atoms with Crippen LogP contribution < -0.4 is 9.80 Å². The van der Waals surface area contributed by atoms with Gasteiger partial charge in [0.25, 0.3) is 0 Å². The van der Waals surface area contributed by atoms with Gasteiger partial charge in [0.2, 0.25) is 0 Å². The van der Waals surface area contributed by atoms with Gasteiger partial charge in [-0.3, -0.25) is 0 Å². The van der Waals surface area contributed by atoms with Crippen LogP contribution in [0, 0.1) is 0 Å². The van der Waals surface area contributed by atoms with Crippen molar-refractivity contribution in [1.29, 1.82) is 0 Å². The molecular weight excluding hydrogens is 424 g/mol. The smallest absolute Gasteiger partial charge is 0.172 e. The van der Waals surface area contributed by atoms with Crippen molar-refractivity contribution in [3.63, 3.8) is 0 Å². The molecule has 0 radical (unpaired) electrons. The number of ether oxygens (including phenoxy) is 2. The molecule has 3 aromatic rings. The molecule has 8 nitrogen and oxygen atoms in total. The minimum absolute atomic E-state index is 0.225. The summed E-state index contributed by atoms with van der Waals surface area (Å²) in [6, 6.07) is 0. The van der Waals surface area contributed by atoms with Crippen LogP contribution in [0.25, 0.3) is 20.4 Å². The molecule has 0 saturated carbocycles. The minimum Gasteiger partial charge on any atom is -0.378 e. The van der Waals surface area contributed by atoms with Gasteiger partial charge in [0.05, 0.1) is 25.4 Å². The van der Waals surface area contributed by atoms with Gasteiger partial charge in [-0.1, -0.05) is 13.8 Å². The summed E-state index contributed by atoms with van der Waals surface area (Å²) in [6.45, 7) is 14.4. The van der Waals surface area contributed by atoms with E-state index in [2.05, 4.69) is 52.9 Å². The first-order valence-corrected chi connectivity index (χ1v) is 12.5. The van der Waals surface area contributed by atoms with E-state index in [0.717, 1.165) is 90.7 Å². The van der Waals surface area contributed by atoms with Crippen LogP contribution in [0.2, 0.25) is 0 Å². The van der Waals surface area contributed by atoms with Gasteiger partial charge >= 0.3 is 0 Å². The van der Waals surface area contributed by atoms with Crippen LogP contribution in [0.5, 0.6) is 0 Å². The molecule has 0 spiro atoms. The van der Waals surface area contributed by atoms with Crippen molar-refractivity contribution >= 4 is 43.4 Å². The lowest BCUT2D eigenvalue weighted by atomic mass is 9.90. The standard InChI is InChI=1S/C23H32N6O2S/c1-5-7-28(8-6-2)21-19-18(25-27-26-21)17-15-13-23(3,4)31-14-16(15)20(24-22(17)32-19)29-9-11-30-12-10-29/h5-14H2,1-4H3. The number of aromatic nitrogens is 4. The molecule has 2 aliphatic heterocycles. The molecule has 32 heavy (non-hydrogen) atoms. The first-order valence-electron chi connectivity index (χ1n) is 11.7. The van der Waals surface area contributed by atoms with Crippen molar-refractivity contribution in [2.24, 2.45) is 0 Å². The van der Waals surface area contributed by atoms with Crippen molar-refractivity contribution in [3.05, 3.63) is 11.1 Å². The normalized spacial score (nSPS) is 18.3. The third-order valence-electron chi connectivity index (χ3n) is 6.30. The summed E-state index contributed by atoms with van der Waals surface area (Å²) in [6.07, 6.45) is 2.96. The molecule has 5 heterocycles. The lowest BCUT2D eigenvalue weighted by Crippen LogP contribution is -2.39. The van der Waals surface area contributed by atoms with Crippen LogP contribution in [0.15, 0.2) is 0 Å². The Labute approximate surface area is 192 Å². The fourth-order valence-electron chi connectivity index (χ4n) is 4.81. The molecule has 0 N–H and O–H groups in total. The van der Waals surface area contributed by atoms with E-state index in [4.69, 9.17) is 14.5 Å². The van der Waals surface area contributed by atoms with Gasteiger partial charge in [-0.05, 0) is 37.5 Å².